The number of piperidine rings is 3. The van der Waals surface area contributed by atoms with E-state index in [2.05, 4.69) is 7.05 Å². The molecule has 3 heterocycles. The van der Waals surface area contributed by atoms with Crippen molar-refractivity contribution in [1.82, 2.24) is 0 Å². The summed E-state index contributed by atoms with van der Waals surface area (Å²) in [5, 5.41) is 0. The lowest BCUT2D eigenvalue weighted by Gasteiger charge is -2.49. The van der Waals surface area contributed by atoms with Gasteiger partial charge in [0.15, 0.2) is 12.2 Å². The number of likely N-dealkylation sites (N-methyl/N-ethyl adjacent to an activating group) is 1. The highest BCUT2D eigenvalue weighted by Gasteiger charge is 2.45. The second-order valence-electron chi connectivity index (χ2n) is 8.10. The normalized spacial score (nSPS) is 26.3. The van der Waals surface area contributed by atoms with Crippen LogP contribution in [-0.2, 0) is 9.47 Å². The first-order valence-electron chi connectivity index (χ1n) is 9.64. The van der Waals surface area contributed by atoms with Crippen molar-refractivity contribution in [3.63, 3.8) is 0 Å². The summed E-state index contributed by atoms with van der Waals surface area (Å²) in [7, 11) is 2.18. The first-order chi connectivity index (χ1) is 13.4. The smallest absolute Gasteiger partial charge is 0.425 e. The first kappa shape index (κ1) is 18.9. The molecule has 3 aliphatic heterocycles. The fraction of sp³-hybridized carbons (Fsp3) is 0.409. The molecule has 0 saturated carbocycles. The Hall–Kier alpha value is -2.47. The summed E-state index contributed by atoms with van der Waals surface area (Å²) >= 11 is 0. The fourth-order valence-corrected chi connectivity index (χ4v) is 4.40. The van der Waals surface area contributed by atoms with E-state index >= 15 is 0 Å². The molecule has 0 spiro atoms. The summed E-state index contributed by atoms with van der Waals surface area (Å²) in [6.45, 7) is 2.99. The molecule has 4 nitrogen and oxygen atoms in total. The molecule has 0 aliphatic carbocycles. The molecule has 6 heteroatoms. The third-order valence-corrected chi connectivity index (χ3v) is 5.99. The number of hydrogen-bond donors (Lipinski definition) is 0. The Labute approximate surface area is 163 Å². The van der Waals surface area contributed by atoms with Crippen LogP contribution in [-0.4, -0.2) is 43.4 Å². The summed E-state index contributed by atoms with van der Waals surface area (Å²) in [4.78, 5) is 12.6. The number of nitrogens with zero attached hydrogens (tertiary/aromatic N) is 1. The van der Waals surface area contributed by atoms with Crippen LogP contribution < -0.4 is 0 Å². The average Bonchev–Trinajstić information content (AvgIpc) is 2.66. The van der Waals surface area contributed by atoms with Crippen LogP contribution in [0.2, 0.25) is 0 Å². The Morgan fingerprint density at radius 3 is 2.11 bits per heavy atom. The Balaban J connectivity index is 1.53. The molecular formula is C22H24F2NO3+. The number of carbonyl (C=O) groups is 1. The van der Waals surface area contributed by atoms with Gasteiger partial charge in [0.25, 0.3) is 0 Å². The van der Waals surface area contributed by atoms with Gasteiger partial charge in [-0.1, -0.05) is 24.3 Å². The molecule has 0 radical (unpaired) electrons. The van der Waals surface area contributed by atoms with E-state index in [1.165, 1.54) is 36.4 Å². The standard InChI is InChI=1S/C22H24F2NO3/c1-25-10-8-15(9-11-25)20(14-25)27-22(26)28-21(16-4-2-6-18(23)12-16)17-5-3-7-19(24)13-17/h2-7,12-13,15,20-21H,8-11,14H2,1H3/q+1. The number of benzene rings is 2. The summed E-state index contributed by atoms with van der Waals surface area (Å²) in [5.74, 6) is -0.550. The maximum Gasteiger partial charge on any atom is 0.509 e. The number of carbonyl (C=O) groups excluding carboxylic acids is 1. The van der Waals surface area contributed by atoms with Crippen molar-refractivity contribution >= 4 is 6.16 Å². The molecule has 2 aromatic rings. The van der Waals surface area contributed by atoms with Crippen molar-refractivity contribution in [3.05, 3.63) is 71.3 Å². The maximum absolute atomic E-state index is 13.7. The topological polar surface area (TPSA) is 35.5 Å². The molecule has 1 unspecified atom stereocenters. The molecule has 3 aliphatic rings. The van der Waals surface area contributed by atoms with Crippen molar-refractivity contribution in [3.8, 4) is 0 Å². The van der Waals surface area contributed by atoms with Gasteiger partial charge in [0.1, 0.15) is 18.2 Å². The number of quaternary nitrogens is 1. The van der Waals surface area contributed by atoms with Crippen molar-refractivity contribution in [2.24, 2.45) is 5.92 Å². The summed E-state index contributed by atoms with van der Waals surface area (Å²) in [6, 6.07) is 11.5. The zero-order valence-electron chi connectivity index (χ0n) is 15.8. The molecule has 3 saturated heterocycles. The van der Waals surface area contributed by atoms with E-state index in [4.69, 9.17) is 9.47 Å². The molecule has 2 aromatic carbocycles. The number of rotatable bonds is 4. The quantitative estimate of drug-likeness (QED) is 0.574. The van der Waals surface area contributed by atoms with Crippen LogP contribution in [0, 0.1) is 17.6 Å². The molecule has 1 atom stereocenters. The van der Waals surface area contributed by atoms with Crippen LogP contribution in [0.25, 0.3) is 0 Å². The number of hydrogen-bond acceptors (Lipinski definition) is 3. The van der Waals surface area contributed by atoms with Gasteiger partial charge in [-0.05, 0) is 24.3 Å². The third-order valence-electron chi connectivity index (χ3n) is 5.99. The summed E-state index contributed by atoms with van der Waals surface area (Å²) in [6.07, 6.45) is 0.145. The molecule has 0 N–H and O–H groups in total. The van der Waals surface area contributed by atoms with Gasteiger partial charge in [-0.2, -0.15) is 0 Å². The highest BCUT2D eigenvalue weighted by Crippen LogP contribution is 2.35. The van der Waals surface area contributed by atoms with Crippen molar-refractivity contribution in [1.29, 1.82) is 0 Å². The molecule has 148 valence electrons. The minimum absolute atomic E-state index is 0.180. The van der Waals surface area contributed by atoms with Crippen LogP contribution >= 0.6 is 0 Å². The van der Waals surface area contributed by atoms with Crippen molar-refractivity contribution in [2.75, 3.05) is 26.7 Å². The van der Waals surface area contributed by atoms with Gasteiger partial charge < -0.3 is 14.0 Å². The minimum Gasteiger partial charge on any atom is -0.425 e. The predicted octanol–water partition coefficient (Wildman–Crippen LogP) is 4.45. The van der Waals surface area contributed by atoms with Crippen molar-refractivity contribution < 1.29 is 27.5 Å². The predicted molar refractivity (Wildman–Crippen MR) is 99.5 cm³/mol. The lowest BCUT2D eigenvalue weighted by atomic mass is 9.84. The molecule has 5 rings (SSSR count). The number of fused-ring (bicyclic) bond motifs is 3. The van der Waals surface area contributed by atoms with Gasteiger partial charge in [-0.3, -0.25) is 0 Å². The highest BCUT2D eigenvalue weighted by molar-refractivity contribution is 5.61. The van der Waals surface area contributed by atoms with Crippen LogP contribution in [0.15, 0.2) is 48.5 Å². The van der Waals surface area contributed by atoms with E-state index in [9.17, 15) is 13.6 Å². The van der Waals surface area contributed by atoms with E-state index < -0.39 is 23.9 Å². The third kappa shape index (κ3) is 4.02. The second kappa shape index (κ2) is 7.51. The zero-order valence-corrected chi connectivity index (χ0v) is 15.8. The number of halogens is 2. The Bertz CT molecular complexity index is 819. The summed E-state index contributed by atoms with van der Waals surface area (Å²) < 4.78 is 39.6. The van der Waals surface area contributed by atoms with Gasteiger partial charge >= 0.3 is 6.16 Å². The van der Waals surface area contributed by atoms with E-state index in [-0.39, 0.29) is 6.10 Å². The molecule has 2 bridgehead atoms. The first-order valence-corrected chi connectivity index (χ1v) is 9.64. The fourth-order valence-electron chi connectivity index (χ4n) is 4.40. The maximum atomic E-state index is 13.7. The molecule has 28 heavy (non-hydrogen) atoms. The van der Waals surface area contributed by atoms with Crippen LogP contribution in [0.5, 0.6) is 0 Å². The van der Waals surface area contributed by atoms with Gasteiger partial charge in [-0.25, -0.2) is 13.6 Å². The van der Waals surface area contributed by atoms with E-state index in [1.54, 1.807) is 12.1 Å². The lowest BCUT2D eigenvalue weighted by Crippen LogP contribution is -2.62. The van der Waals surface area contributed by atoms with Crippen molar-refractivity contribution in [2.45, 2.75) is 25.0 Å². The van der Waals surface area contributed by atoms with Gasteiger partial charge in [0, 0.05) is 29.9 Å². The second-order valence-corrected chi connectivity index (χ2v) is 8.10. The van der Waals surface area contributed by atoms with E-state index in [1.807, 2.05) is 0 Å². The van der Waals surface area contributed by atoms with E-state index in [0.29, 0.717) is 17.0 Å². The van der Waals surface area contributed by atoms with E-state index in [0.717, 1.165) is 37.0 Å². The molecule has 0 amide bonds. The average molecular weight is 388 g/mol. The molecule has 0 aromatic heterocycles. The lowest BCUT2D eigenvalue weighted by molar-refractivity contribution is -0.928. The summed E-state index contributed by atoms with van der Waals surface area (Å²) in [5.41, 5.74) is 0.853. The van der Waals surface area contributed by atoms with Crippen LogP contribution in [0.3, 0.4) is 0 Å². The monoisotopic (exact) mass is 388 g/mol. The van der Waals surface area contributed by atoms with Crippen LogP contribution in [0.4, 0.5) is 13.6 Å². The Morgan fingerprint density at radius 2 is 1.61 bits per heavy atom. The molecule has 3 fully saturated rings. The van der Waals surface area contributed by atoms with Gasteiger partial charge in [-0.15, -0.1) is 0 Å². The van der Waals surface area contributed by atoms with Crippen LogP contribution in [0.1, 0.15) is 30.1 Å². The van der Waals surface area contributed by atoms with Gasteiger partial charge in [0.05, 0.1) is 20.1 Å². The number of ether oxygens (including phenoxy) is 2. The van der Waals surface area contributed by atoms with Gasteiger partial charge in [0.2, 0.25) is 0 Å². The highest BCUT2D eigenvalue weighted by atomic mass is 19.1. The zero-order chi connectivity index (χ0) is 19.7. The minimum atomic E-state index is -0.940. The molecular weight excluding hydrogens is 364 g/mol. The largest absolute Gasteiger partial charge is 0.509 e. The Kier molecular flexibility index (Phi) is 5.06. The SMILES string of the molecule is C[N+]12CCC(CC1)C(OC(=O)OC(c1cccc(F)c1)c1cccc(F)c1)C2. The Morgan fingerprint density at radius 1 is 1.04 bits per heavy atom.